The number of piperidine rings is 1. The van der Waals surface area contributed by atoms with Crippen LogP contribution in [-0.4, -0.2) is 63.9 Å². The van der Waals surface area contributed by atoms with Crippen LogP contribution in [0.3, 0.4) is 0 Å². The van der Waals surface area contributed by atoms with Crippen molar-refractivity contribution in [1.29, 1.82) is 0 Å². The van der Waals surface area contributed by atoms with E-state index in [1.807, 2.05) is 36.4 Å². The van der Waals surface area contributed by atoms with Crippen LogP contribution in [0.4, 0.5) is 0 Å². The largest absolute Gasteiger partial charge is 0.493 e. The first-order valence-corrected chi connectivity index (χ1v) is 13.9. The van der Waals surface area contributed by atoms with E-state index in [0.29, 0.717) is 37.4 Å². The number of rotatable bonds is 9. The highest BCUT2D eigenvalue weighted by atomic mass is 32.2. The monoisotopic (exact) mass is 539 g/mol. The molecule has 1 saturated heterocycles. The number of nitrogens with one attached hydrogen (secondary N) is 2. The number of carbonyl (C=O) groups excluding carboxylic acids is 2. The maximum atomic E-state index is 13.3. The third-order valence-corrected chi connectivity index (χ3v) is 8.64. The quantitative estimate of drug-likeness (QED) is 0.432. The molecule has 38 heavy (non-hydrogen) atoms. The van der Waals surface area contributed by atoms with Gasteiger partial charge in [0.1, 0.15) is 6.04 Å². The van der Waals surface area contributed by atoms with Gasteiger partial charge in [-0.2, -0.15) is 4.31 Å². The fraction of sp³-hybridized carbons (Fsp3) is 0.357. The zero-order chi connectivity index (χ0) is 27.3. The first kappa shape index (κ1) is 27.4. The Morgan fingerprint density at radius 3 is 2.29 bits per heavy atom. The maximum Gasteiger partial charge on any atom is 0.243 e. The van der Waals surface area contributed by atoms with Crippen LogP contribution in [0.5, 0.6) is 11.5 Å². The Morgan fingerprint density at radius 2 is 1.63 bits per heavy atom. The minimum atomic E-state index is -3.65. The molecule has 10 heteroatoms. The lowest BCUT2D eigenvalue weighted by atomic mass is 10.0. The minimum absolute atomic E-state index is 0.202. The normalized spacial score (nSPS) is 15.6. The molecule has 2 amide bonds. The van der Waals surface area contributed by atoms with E-state index in [2.05, 4.69) is 10.6 Å². The van der Waals surface area contributed by atoms with E-state index in [-0.39, 0.29) is 29.2 Å². The van der Waals surface area contributed by atoms with Gasteiger partial charge >= 0.3 is 0 Å². The second-order valence-electron chi connectivity index (χ2n) is 9.34. The van der Waals surface area contributed by atoms with Crippen LogP contribution in [-0.2, 0) is 26.0 Å². The van der Waals surface area contributed by atoms with Crippen molar-refractivity contribution >= 4 is 32.6 Å². The number of carbonyl (C=O) groups is 2. The molecule has 1 heterocycles. The highest BCUT2D eigenvalue weighted by Crippen LogP contribution is 2.28. The molecule has 2 N–H and O–H groups in total. The lowest BCUT2D eigenvalue weighted by Crippen LogP contribution is -2.53. The molecule has 9 nitrogen and oxygen atoms in total. The molecule has 4 rings (SSSR count). The summed E-state index contributed by atoms with van der Waals surface area (Å²) < 4.78 is 38.6. The van der Waals surface area contributed by atoms with Gasteiger partial charge in [-0.25, -0.2) is 8.42 Å². The Labute approximate surface area is 223 Å². The summed E-state index contributed by atoms with van der Waals surface area (Å²) in [5.74, 6) is 0.474. The van der Waals surface area contributed by atoms with E-state index >= 15 is 0 Å². The molecule has 0 unspecified atom stereocenters. The zero-order valence-corrected chi connectivity index (χ0v) is 22.6. The number of nitrogens with zero attached hydrogens (tertiary/aromatic N) is 1. The smallest absolute Gasteiger partial charge is 0.243 e. The lowest BCUT2D eigenvalue weighted by Gasteiger charge is -2.32. The Morgan fingerprint density at radius 1 is 0.947 bits per heavy atom. The van der Waals surface area contributed by atoms with E-state index in [4.69, 9.17) is 9.47 Å². The molecular formula is C28H33N3O6S. The van der Waals surface area contributed by atoms with Crippen LogP contribution < -0.4 is 20.1 Å². The summed E-state index contributed by atoms with van der Waals surface area (Å²) in [7, 11) is -0.570. The van der Waals surface area contributed by atoms with Crippen LogP contribution >= 0.6 is 0 Å². The standard InChI is InChI=1S/C28H33N3O6S/c1-19(32)29-25(16-20-8-11-26(36-2)27(17-20)37-3)28(33)30-23-12-14-31(15-13-23)38(34,35)24-10-9-21-6-4-5-7-22(21)18-24/h4-11,17-18,23,25H,12-16H2,1-3H3,(H,29,32)(H,30,33)/t25-/m0/s1. The predicted molar refractivity (Wildman–Crippen MR) is 145 cm³/mol. The number of amides is 2. The Kier molecular flexibility index (Phi) is 8.53. The van der Waals surface area contributed by atoms with Gasteiger partial charge in [-0.3, -0.25) is 9.59 Å². The van der Waals surface area contributed by atoms with E-state index in [9.17, 15) is 18.0 Å². The summed E-state index contributed by atoms with van der Waals surface area (Å²) in [6.45, 7) is 1.95. The zero-order valence-electron chi connectivity index (χ0n) is 21.8. The lowest BCUT2D eigenvalue weighted by molar-refractivity contribution is -0.128. The molecule has 1 fully saturated rings. The van der Waals surface area contributed by atoms with Crippen molar-refractivity contribution in [3.8, 4) is 11.5 Å². The van der Waals surface area contributed by atoms with Crippen molar-refractivity contribution in [3.63, 3.8) is 0 Å². The SMILES string of the molecule is COc1ccc(C[C@H](NC(C)=O)C(=O)NC2CCN(S(=O)(=O)c3ccc4ccccc4c3)CC2)cc1OC. The molecular weight excluding hydrogens is 506 g/mol. The van der Waals surface area contributed by atoms with E-state index in [1.165, 1.54) is 18.3 Å². The van der Waals surface area contributed by atoms with Gasteiger partial charge in [-0.1, -0.05) is 36.4 Å². The molecule has 1 aliphatic rings. The van der Waals surface area contributed by atoms with Crippen LogP contribution in [0, 0.1) is 0 Å². The van der Waals surface area contributed by atoms with Gasteiger partial charge in [-0.05, 0) is 53.4 Å². The maximum absolute atomic E-state index is 13.3. The highest BCUT2D eigenvalue weighted by molar-refractivity contribution is 7.89. The topological polar surface area (TPSA) is 114 Å². The number of hydrogen-bond acceptors (Lipinski definition) is 6. The molecule has 202 valence electrons. The Balaban J connectivity index is 1.39. The first-order chi connectivity index (χ1) is 18.2. The van der Waals surface area contributed by atoms with E-state index < -0.39 is 16.1 Å². The van der Waals surface area contributed by atoms with Crippen LogP contribution in [0.25, 0.3) is 10.8 Å². The second-order valence-corrected chi connectivity index (χ2v) is 11.3. The van der Waals surface area contributed by atoms with Gasteiger partial charge in [0.15, 0.2) is 11.5 Å². The fourth-order valence-electron chi connectivity index (χ4n) is 4.72. The Hall–Kier alpha value is -3.63. The van der Waals surface area contributed by atoms with E-state index in [0.717, 1.165) is 16.3 Å². The van der Waals surface area contributed by atoms with Crippen LogP contribution in [0.1, 0.15) is 25.3 Å². The van der Waals surface area contributed by atoms with Crippen molar-refractivity contribution in [2.45, 2.75) is 43.2 Å². The van der Waals surface area contributed by atoms with Gasteiger partial charge in [0.25, 0.3) is 0 Å². The molecule has 0 radical (unpaired) electrons. The number of sulfonamides is 1. The van der Waals surface area contributed by atoms with Crippen LogP contribution in [0.15, 0.2) is 65.6 Å². The van der Waals surface area contributed by atoms with Crippen molar-refractivity contribution in [2.75, 3.05) is 27.3 Å². The first-order valence-electron chi connectivity index (χ1n) is 12.5. The van der Waals surface area contributed by atoms with Gasteiger partial charge in [0.05, 0.1) is 19.1 Å². The van der Waals surface area contributed by atoms with Gasteiger partial charge in [0, 0.05) is 32.5 Å². The van der Waals surface area contributed by atoms with Gasteiger partial charge in [-0.15, -0.1) is 0 Å². The molecule has 0 spiro atoms. The number of hydrogen-bond donors (Lipinski definition) is 2. The molecule has 3 aromatic rings. The van der Waals surface area contributed by atoms with Crippen molar-refractivity contribution in [1.82, 2.24) is 14.9 Å². The predicted octanol–water partition coefficient (Wildman–Crippen LogP) is 2.87. The molecule has 1 atom stereocenters. The fourth-order valence-corrected chi connectivity index (χ4v) is 6.22. The summed E-state index contributed by atoms with van der Waals surface area (Å²) in [6, 6.07) is 17.1. The number of methoxy groups -OCH3 is 2. The van der Waals surface area contributed by atoms with Crippen molar-refractivity contribution in [2.24, 2.45) is 0 Å². The molecule has 0 aliphatic carbocycles. The van der Waals surface area contributed by atoms with Crippen molar-refractivity contribution < 1.29 is 27.5 Å². The number of fused-ring (bicyclic) bond motifs is 1. The average Bonchev–Trinajstić information content (AvgIpc) is 2.92. The summed E-state index contributed by atoms with van der Waals surface area (Å²) >= 11 is 0. The second kappa shape index (κ2) is 11.8. The summed E-state index contributed by atoms with van der Waals surface area (Å²) in [6.07, 6.45) is 1.21. The summed E-state index contributed by atoms with van der Waals surface area (Å²) in [5.41, 5.74) is 0.799. The number of ether oxygens (including phenoxy) is 2. The summed E-state index contributed by atoms with van der Waals surface area (Å²) in [5, 5.41) is 7.57. The Bertz CT molecular complexity index is 1420. The number of benzene rings is 3. The molecule has 1 aliphatic heterocycles. The van der Waals surface area contributed by atoms with Gasteiger partial charge in [0.2, 0.25) is 21.8 Å². The third-order valence-electron chi connectivity index (χ3n) is 6.74. The van der Waals surface area contributed by atoms with Crippen molar-refractivity contribution in [3.05, 3.63) is 66.2 Å². The molecule has 0 aromatic heterocycles. The van der Waals surface area contributed by atoms with Crippen LogP contribution in [0.2, 0.25) is 0 Å². The highest BCUT2D eigenvalue weighted by Gasteiger charge is 2.31. The molecule has 0 bridgehead atoms. The van der Waals surface area contributed by atoms with Gasteiger partial charge < -0.3 is 20.1 Å². The summed E-state index contributed by atoms with van der Waals surface area (Å²) in [4.78, 5) is 25.2. The van der Waals surface area contributed by atoms with E-state index in [1.54, 1.807) is 31.4 Å². The minimum Gasteiger partial charge on any atom is -0.493 e. The molecule has 0 saturated carbocycles. The average molecular weight is 540 g/mol. The third kappa shape index (κ3) is 6.25. The molecule has 3 aromatic carbocycles.